The first-order valence-electron chi connectivity index (χ1n) is 5.87. The van der Waals surface area contributed by atoms with Crippen molar-refractivity contribution in [2.24, 2.45) is 0 Å². The molecule has 0 saturated heterocycles. The summed E-state index contributed by atoms with van der Waals surface area (Å²) in [6, 6.07) is 17.3. The van der Waals surface area contributed by atoms with E-state index >= 15 is 0 Å². The van der Waals surface area contributed by atoms with Gasteiger partial charge in [0, 0.05) is 12.7 Å². The summed E-state index contributed by atoms with van der Waals surface area (Å²) in [4.78, 5) is 13.1. The Hall–Kier alpha value is -2.36. The lowest BCUT2D eigenvalue weighted by molar-refractivity contribution is -0.132. The summed E-state index contributed by atoms with van der Waals surface area (Å²) >= 11 is 0. The lowest BCUT2D eigenvalue weighted by atomic mass is 10.3. The van der Waals surface area contributed by atoms with Crippen LogP contribution in [0.3, 0.4) is 0 Å². The standard InChI is InChI=1S/C15H14FNO2/c1-17(12-8-4-2-5-9-12)15(18)14(16)19-13-10-6-3-7-11-13/h2-11,14H,1H3. The van der Waals surface area contributed by atoms with Gasteiger partial charge in [0.25, 0.3) is 0 Å². The van der Waals surface area contributed by atoms with Crippen LogP contribution in [0.2, 0.25) is 0 Å². The third-order valence-electron chi connectivity index (χ3n) is 2.65. The molecule has 2 aromatic carbocycles. The molecule has 3 nitrogen and oxygen atoms in total. The number of carbonyl (C=O) groups is 1. The summed E-state index contributed by atoms with van der Waals surface area (Å²) in [7, 11) is 1.51. The van der Waals surface area contributed by atoms with Gasteiger partial charge in [0.1, 0.15) is 5.75 Å². The maximum absolute atomic E-state index is 13.8. The zero-order valence-electron chi connectivity index (χ0n) is 10.5. The Morgan fingerprint density at radius 3 is 2.16 bits per heavy atom. The molecule has 2 aromatic rings. The molecule has 0 spiro atoms. The van der Waals surface area contributed by atoms with Crippen molar-refractivity contribution >= 4 is 11.6 Å². The molecule has 0 heterocycles. The number of rotatable bonds is 4. The average molecular weight is 259 g/mol. The van der Waals surface area contributed by atoms with Gasteiger partial charge in [0.15, 0.2) is 0 Å². The third-order valence-corrected chi connectivity index (χ3v) is 2.65. The van der Waals surface area contributed by atoms with Crippen LogP contribution in [0.4, 0.5) is 10.1 Å². The first-order chi connectivity index (χ1) is 9.18. The van der Waals surface area contributed by atoms with Gasteiger partial charge in [-0.25, -0.2) is 0 Å². The highest BCUT2D eigenvalue weighted by atomic mass is 19.1. The molecule has 1 amide bonds. The highest BCUT2D eigenvalue weighted by Crippen LogP contribution is 2.16. The minimum atomic E-state index is -2.02. The molecule has 0 aromatic heterocycles. The van der Waals surface area contributed by atoms with E-state index in [1.165, 1.54) is 11.9 Å². The molecule has 19 heavy (non-hydrogen) atoms. The van der Waals surface area contributed by atoms with E-state index in [0.29, 0.717) is 11.4 Å². The number of carbonyl (C=O) groups excluding carboxylic acids is 1. The van der Waals surface area contributed by atoms with Crippen molar-refractivity contribution in [1.82, 2.24) is 0 Å². The monoisotopic (exact) mass is 259 g/mol. The number of nitrogens with zero attached hydrogens (tertiary/aromatic N) is 1. The largest absolute Gasteiger partial charge is 0.452 e. The summed E-state index contributed by atoms with van der Waals surface area (Å²) in [5.74, 6) is -0.417. The van der Waals surface area contributed by atoms with Gasteiger partial charge < -0.3 is 9.64 Å². The highest BCUT2D eigenvalue weighted by Gasteiger charge is 2.23. The molecule has 0 fully saturated rings. The first kappa shape index (κ1) is 13.1. The van der Waals surface area contributed by atoms with Gasteiger partial charge in [-0.2, -0.15) is 4.39 Å². The molecular formula is C15H14FNO2. The van der Waals surface area contributed by atoms with Crippen LogP contribution in [0.5, 0.6) is 5.75 Å². The second kappa shape index (κ2) is 6.00. The van der Waals surface area contributed by atoms with Crippen LogP contribution in [-0.2, 0) is 4.79 Å². The number of alkyl halides is 1. The van der Waals surface area contributed by atoms with E-state index in [4.69, 9.17) is 4.74 Å². The molecule has 2 rings (SSSR count). The molecule has 0 aliphatic heterocycles. The van der Waals surface area contributed by atoms with Gasteiger partial charge >= 0.3 is 12.3 Å². The fraction of sp³-hybridized carbons (Fsp3) is 0.133. The van der Waals surface area contributed by atoms with Crippen molar-refractivity contribution in [3.63, 3.8) is 0 Å². The molecule has 0 bridgehead atoms. The van der Waals surface area contributed by atoms with Gasteiger partial charge in [-0.3, -0.25) is 4.79 Å². The van der Waals surface area contributed by atoms with E-state index in [-0.39, 0.29) is 0 Å². The predicted octanol–water partition coefficient (Wildman–Crippen LogP) is 3.02. The minimum Gasteiger partial charge on any atom is -0.452 e. The van der Waals surface area contributed by atoms with Crippen LogP contribution in [0, 0.1) is 0 Å². The molecular weight excluding hydrogens is 245 g/mol. The summed E-state index contributed by atoms with van der Waals surface area (Å²) in [5, 5.41) is 0. The van der Waals surface area contributed by atoms with Gasteiger partial charge in [-0.05, 0) is 24.3 Å². The van der Waals surface area contributed by atoms with Crippen LogP contribution in [0.1, 0.15) is 0 Å². The Morgan fingerprint density at radius 2 is 1.58 bits per heavy atom. The van der Waals surface area contributed by atoms with Crippen molar-refractivity contribution < 1.29 is 13.9 Å². The van der Waals surface area contributed by atoms with E-state index < -0.39 is 12.3 Å². The number of para-hydroxylation sites is 2. The Kier molecular flexibility index (Phi) is 4.13. The Bertz CT molecular complexity index is 530. The number of halogens is 1. The Morgan fingerprint density at radius 1 is 1.05 bits per heavy atom. The quantitative estimate of drug-likeness (QED) is 0.844. The Labute approximate surface area is 111 Å². The number of likely N-dealkylation sites (N-methyl/N-ethyl adjacent to an activating group) is 1. The summed E-state index contributed by atoms with van der Waals surface area (Å²) in [5.41, 5.74) is 0.617. The number of hydrogen-bond acceptors (Lipinski definition) is 2. The number of amides is 1. The lowest BCUT2D eigenvalue weighted by Crippen LogP contribution is -2.37. The van der Waals surface area contributed by atoms with E-state index in [2.05, 4.69) is 0 Å². The average Bonchev–Trinajstić information content (AvgIpc) is 2.47. The fourth-order valence-corrected chi connectivity index (χ4v) is 1.60. The number of ether oxygens (including phenoxy) is 1. The maximum Gasteiger partial charge on any atom is 0.317 e. The molecule has 98 valence electrons. The second-order valence-electron chi connectivity index (χ2n) is 3.98. The van der Waals surface area contributed by atoms with Gasteiger partial charge in [0.05, 0.1) is 0 Å². The van der Waals surface area contributed by atoms with Crippen molar-refractivity contribution in [1.29, 1.82) is 0 Å². The van der Waals surface area contributed by atoms with Crippen molar-refractivity contribution in [2.45, 2.75) is 6.36 Å². The highest BCUT2D eigenvalue weighted by molar-refractivity contribution is 5.95. The summed E-state index contributed by atoms with van der Waals surface area (Å²) in [6.07, 6.45) is -2.02. The van der Waals surface area contributed by atoms with Gasteiger partial charge in [-0.1, -0.05) is 36.4 Å². The molecule has 0 aliphatic rings. The second-order valence-corrected chi connectivity index (χ2v) is 3.98. The SMILES string of the molecule is CN(C(=O)C(F)Oc1ccccc1)c1ccccc1. The Balaban J connectivity index is 2.03. The van der Waals surface area contributed by atoms with Crippen molar-refractivity contribution in [3.05, 3.63) is 60.7 Å². The zero-order chi connectivity index (χ0) is 13.7. The third kappa shape index (κ3) is 3.31. The lowest BCUT2D eigenvalue weighted by Gasteiger charge is -2.19. The maximum atomic E-state index is 13.8. The van der Waals surface area contributed by atoms with Gasteiger partial charge in [-0.15, -0.1) is 0 Å². The molecule has 1 unspecified atom stereocenters. The molecule has 0 aliphatic carbocycles. The number of anilines is 1. The van der Waals surface area contributed by atoms with Crippen LogP contribution in [-0.4, -0.2) is 19.3 Å². The number of benzene rings is 2. The minimum absolute atomic E-state index is 0.324. The fourth-order valence-electron chi connectivity index (χ4n) is 1.60. The van der Waals surface area contributed by atoms with Crippen LogP contribution in [0.25, 0.3) is 0 Å². The predicted molar refractivity (Wildman–Crippen MR) is 71.8 cm³/mol. The van der Waals surface area contributed by atoms with Crippen LogP contribution >= 0.6 is 0 Å². The van der Waals surface area contributed by atoms with Crippen LogP contribution < -0.4 is 9.64 Å². The van der Waals surface area contributed by atoms with Crippen LogP contribution in [0.15, 0.2) is 60.7 Å². The van der Waals surface area contributed by atoms with E-state index in [1.807, 2.05) is 6.07 Å². The normalized spacial score (nSPS) is 11.7. The first-order valence-corrected chi connectivity index (χ1v) is 5.87. The summed E-state index contributed by atoms with van der Waals surface area (Å²) < 4.78 is 18.8. The molecule has 0 radical (unpaired) electrons. The zero-order valence-corrected chi connectivity index (χ0v) is 10.5. The topological polar surface area (TPSA) is 29.5 Å². The molecule has 4 heteroatoms. The van der Waals surface area contributed by atoms with E-state index in [9.17, 15) is 9.18 Å². The van der Waals surface area contributed by atoms with E-state index in [0.717, 1.165) is 0 Å². The number of hydrogen-bond donors (Lipinski definition) is 0. The van der Waals surface area contributed by atoms with Gasteiger partial charge in [0.2, 0.25) is 0 Å². The summed E-state index contributed by atoms with van der Waals surface area (Å²) in [6.45, 7) is 0. The molecule has 0 N–H and O–H groups in total. The molecule has 1 atom stereocenters. The van der Waals surface area contributed by atoms with Crippen molar-refractivity contribution in [2.75, 3.05) is 11.9 Å². The molecule has 0 saturated carbocycles. The van der Waals surface area contributed by atoms with E-state index in [1.54, 1.807) is 54.6 Å². The smallest absolute Gasteiger partial charge is 0.317 e. The van der Waals surface area contributed by atoms with Crippen molar-refractivity contribution in [3.8, 4) is 5.75 Å².